The molecule has 2 amide bonds. The van der Waals surface area contributed by atoms with E-state index in [-0.39, 0.29) is 30.0 Å². The highest BCUT2D eigenvalue weighted by molar-refractivity contribution is 6.30. The van der Waals surface area contributed by atoms with E-state index in [9.17, 15) is 14.4 Å². The number of hydrogen-bond acceptors (Lipinski definition) is 8. The molecule has 0 fully saturated rings. The van der Waals surface area contributed by atoms with Crippen LogP contribution in [0.25, 0.3) is 0 Å². The maximum Gasteiger partial charge on any atom is 0.338 e. The first-order valence-corrected chi connectivity index (χ1v) is 12.0. The number of carbonyl (C=O) groups excluding carboxylic acids is 3. The number of urea groups is 1. The highest BCUT2D eigenvalue weighted by Crippen LogP contribution is 2.30. The number of methoxy groups -OCH3 is 1. The predicted octanol–water partition coefficient (Wildman–Crippen LogP) is 4.55. The van der Waals surface area contributed by atoms with Crippen molar-refractivity contribution < 1.29 is 37.7 Å². The third-order valence-corrected chi connectivity index (χ3v) is 5.78. The summed E-state index contributed by atoms with van der Waals surface area (Å²) in [5, 5.41) is 5.78. The maximum atomic E-state index is 12.9. The third-order valence-electron chi connectivity index (χ3n) is 5.53. The fourth-order valence-electron chi connectivity index (χ4n) is 3.73. The van der Waals surface area contributed by atoms with Crippen LogP contribution in [0.1, 0.15) is 34.6 Å². The largest absolute Gasteiger partial charge is 0.493 e. The van der Waals surface area contributed by atoms with Gasteiger partial charge in [0.2, 0.25) is 0 Å². The molecule has 3 aromatic rings. The molecule has 1 aromatic heterocycles. The monoisotopic (exact) mass is 540 g/mol. The second-order valence-corrected chi connectivity index (χ2v) is 8.45. The summed E-state index contributed by atoms with van der Waals surface area (Å²) in [6.07, 6.45) is 1.42. The van der Waals surface area contributed by atoms with Crippen LogP contribution in [-0.2, 0) is 20.9 Å². The number of carbonyl (C=O) groups is 3. The van der Waals surface area contributed by atoms with Gasteiger partial charge in [-0.25, -0.2) is 14.4 Å². The number of amides is 2. The van der Waals surface area contributed by atoms with E-state index >= 15 is 0 Å². The number of furan rings is 1. The van der Waals surface area contributed by atoms with Crippen molar-refractivity contribution in [2.24, 2.45) is 0 Å². The first-order valence-electron chi connectivity index (χ1n) is 11.6. The van der Waals surface area contributed by atoms with Gasteiger partial charge in [0, 0.05) is 5.02 Å². The van der Waals surface area contributed by atoms with Gasteiger partial charge in [-0.1, -0.05) is 23.7 Å². The summed E-state index contributed by atoms with van der Waals surface area (Å²) in [5.74, 6) is -0.307. The van der Waals surface area contributed by atoms with E-state index in [0.29, 0.717) is 22.3 Å². The molecule has 11 heteroatoms. The second kappa shape index (κ2) is 12.2. The summed E-state index contributed by atoms with van der Waals surface area (Å²) in [4.78, 5) is 37.9. The van der Waals surface area contributed by atoms with Crippen LogP contribution in [0.5, 0.6) is 11.5 Å². The molecule has 4 rings (SSSR count). The van der Waals surface area contributed by atoms with Gasteiger partial charge in [0.15, 0.2) is 11.5 Å². The van der Waals surface area contributed by atoms with Gasteiger partial charge in [0.1, 0.15) is 25.0 Å². The number of benzene rings is 2. The SMILES string of the molecule is CCOC(=O)C1=C(COC(=O)c2ccc(OCc3ccc(Cl)cc3)c(OC)c2)NC(=O)NC1c1ccco1. The summed E-state index contributed by atoms with van der Waals surface area (Å²) in [6.45, 7) is 1.65. The molecule has 0 saturated heterocycles. The standard InChI is InChI=1S/C27H25ClN2O8/c1-3-35-26(32)23-19(29-27(33)30-24(23)21-5-4-12-36-21)15-38-25(31)17-8-11-20(22(13-17)34-2)37-14-16-6-9-18(28)10-7-16/h4-13,24H,3,14-15H2,1-2H3,(H2,29,30,33). The zero-order chi connectivity index (χ0) is 27.1. The molecule has 2 heterocycles. The van der Waals surface area contributed by atoms with Gasteiger partial charge in [-0.15, -0.1) is 0 Å². The normalized spacial score (nSPS) is 14.8. The van der Waals surface area contributed by atoms with Crippen molar-refractivity contribution in [3.8, 4) is 11.5 Å². The minimum absolute atomic E-state index is 0.0673. The summed E-state index contributed by atoms with van der Waals surface area (Å²) >= 11 is 5.92. The highest BCUT2D eigenvalue weighted by atomic mass is 35.5. The Hall–Kier alpha value is -4.44. The highest BCUT2D eigenvalue weighted by Gasteiger charge is 2.35. The smallest absolute Gasteiger partial charge is 0.338 e. The average molecular weight is 541 g/mol. The summed E-state index contributed by atoms with van der Waals surface area (Å²) < 4.78 is 27.2. The zero-order valence-electron chi connectivity index (χ0n) is 20.6. The molecule has 0 spiro atoms. The fraction of sp³-hybridized carbons (Fsp3) is 0.222. The Morgan fingerprint density at radius 3 is 2.47 bits per heavy atom. The van der Waals surface area contributed by atoms with Crippen molar-refractivity contribution in [3.05, 3.63) is 94.0 Å². The summed E-state index contributed by atoms with van der Waals surface area (Å²) in [5.41, 5.74) is 1.24. The van der Waals surface area contributed by atoms with E-state index in [2.05, 4.69) is 10.6 Å². The Balaban J connectivity index is 1.50. The molecule has 0 radical (unpaired) electrons. The van der Waals surface area contributed by atoms with Crippen LogP contribution in [0.4, 0.5) is 4.79 Å². The number of rotatable bonds is 10. The van der Waals surface area contributed by atoms with Gasteiger partial charge in [-0.2, -0.15) is 0 Å². The Bertz CT molecular complexity index is 1340. The lowest BCUT2D eigenvalue weighted by Gasteiger charge is -2.27. The Morgan fingerprint density at radius 1 is 1.00 bits per heavy atom. The van der Waals surface area contributed by atoms with E-state index in [0.717, 1.165) is 5.56 Å². The van der Waals surface area contributed by atoms with Crippen LogP contribution in [0, 0.1) is 0 Å². The molecule has 0 saturated carbocycles. The van der Waals surface area contributed by atoms with Crippen LogP contribution < -0.4 is 20.1 Å². The first kappa shape index (κ1) is 26.6. The predicted molar refractivity (Wildman–Crippen MR) is 136 cm³/mol. The van der Waals surface area contributed by atoms with Crippen molar-refractivity contribution in [2.45, 2.75) is 19.6 Å². The van der Waals surface area contributed by atoms with Crippen LogP contribution in [0.15, 0.2) is 76.5 Å². The van der Waals surface area contributed by atoms with Gasteiger partial charge in [0.25, 0.3) is 0 Å². The Kier molecular flexibility index (Phi) is 8.55. The third kappa shape index (κ3) is 6.27. The molecule has 10 nitrogen and oxygen atoms in total. The topological polar surface area (TPSA) is 125 Å². The zero-order valence-corrected chi connectivity index (χ0v) is 21.4. The van der Waals surface area contributed by atoms with Crippen LogP contribution in [0.2, 0.25) is 5.02 Å². The molecule has 198 valence electrons. The van der Waals surface area contributed by atoms with Gasteiger partial charge in [-0.05, 0) is 55.0 Å². The van der Waals surface area contributed by atoms with Crippen molar-refractivity contribution in [1.82, 2.24) is 10.6 Å². The van der Waals surface area contributed by atoms with Gasteiger partial charge in [0.05, 0.1) is 36.8 Å². The van der Waals surface area contributed by atoms with E-state index in [1.54, 1.807) is 37.3 Å². The number of ether oxygens (including phenoxy) is 4. The minimum Gasteiger partial charge on any atom is -0.493 e. The molecule has 1 atom stereocenters. The number of hydrogen-bond donors (Lipinski definition) is 2. The summed E-state index contributed by atoms with van der Waals surface area (Å²) in [7, 11) is 1.45. The van der Waals surface area contributed by atoms with Gasteiger partial charge in [-0.3, -0.25) is 0 Å². The maximum absolute atomic E-state index is 12.9. The molecular formula is C27H25ClN2O8. The molecule has 1 aliphatic rings. The van der Waals surface area contributed by atoms with E-state index < -0.39 is 30.6 Å². The molecular weight excluding hydrogens is 516 g/mol. The molecule has 38 heavy (non-hydrogen) atoms. The van der Waals surface area contributed by atoms with E-state index in [1.807, 2.05) is 12.1 Å². The number of esters is 2. The van der Waals surface area contributed by atoms with E-state index in [1.165, 1.54) is 25.5 Å². The van der Waals surface area contributed by atoms with Gasteiger partial charge < -0.3 is 34.0 Å². The molecule has 1 aliphatic heterocycles. The molecule has 2 N–H and O–H groups in total. The lowest BCUT2D eigenvalue weighted by atomic mass is 10.0. The van der Waals surface area contributed by atoms with Crippen molar-refractivity contribution in [1.29, 1.82) is 0 Å². The minimum atomic E-state index is -0.913. The lowest BCUT2D eigenvalue weighted by Crippen LogP contribution is -2.47. The first-order chi connectivity index (χ1) is 18.4. The van der Waals surface area contributed by atoms with Crippen LogP contribution in [-0.4, -0.2) is 38.3 Å². The number of halogens is 1. The molecule has 1 unspecified atom stereocenters. The lowest BCUT2D eigenvalue weighted by molar-refractivity contribution is -0.139. The Morgan fingerprint density at radius 2 is 1.79 bits per heavy atom. The van der Waals surface area contributed by atoms with Crippen LogP contribution in [0.3, 0.4) is 0 Å². The van der Waals surface area contributed by atoms with Crippen molar-refractivity contribution >= 4 is 29.6 Å². The van der Waals surface area contributed by atoms with Crippen molar-refractivity contribution in [2.75, 3.05) is 20.3 Å². The number of nitrogens with one attached hydrogen (secondary N) is 2. The van der Waals surface area contributed by atoms with Crippen LogP contribution >= 0.6 is 11.6 Å². The molecule has 0 bridgehead atoms. The molecule has 2 aromatic carbocycles. The molecule has 0 aliphatic carbocycles. The summed E-state index contributed by atoms with van der Waals surface area (Å²) in [6, 6.07) is 13.5. The average Bonchev–Trinajstić information content (AvgIpc) is 3.46. The quantitative estimate of drug-likeness (QED) is 0.359. The second-order valence-electron chi connectivity index (χ2n) is 8.02. The fourth-order valence-corrected chi connectivity index (χ4v) is 3.85. The van der Waals surface area contributed by atoms with Gasteiger partial charge >= 0.3 is 18.0 Å². The van der Waals surface area contributed by atoms with E-state index in [4.69, 9.17) is 35.0 Å². The Labute approximate surface area is 223 Å². The van der Waals surface area contributed by atoms with Crippen molar-refractivity contribution in [3.63, 3.8) is 0 Å².